The third-order valence-electron chi connectivity index (χ3n) is 7.25. The number of hydrogen-bond acceptors (Lipinski definition) is 6. The van der Waals surface area contributed by atoms with Crippen molar-refractivity contribution in [1.82, 2.24) is 14.7 Å². The van der Waals surface area contributed by atoms with Gasteiger partial charge in [-0.1, -0.05) is 25.9 Å². The van der Waals surface area contributed by atoms with Gasteiger partial charge in [-0.25, -0.2) is 4.79 Å². The van der Waals surface area contributed by atoms with Crippen molar-refractivity contribution in [3.63, 3.8) is 0 Å². The maximum Gasteiger partial charge on any atom is 0.349 e. The van der Waals surface area contributed by atoms with Gasteiger partial charge in [-0.05, 0) is 74.3 Å². The van der Waals surface area contributed by atoms with Gasteiger partial charge in [0.15, 0.2) is 0 Å². The summed E-state index contributed by atoms with van der Waals surface area (Å²) in [5.74, 6) is 2.14. The van der Waals surface area contributed by atoms with E-state index in [1.807, 2.05) is 42.7 Å². The molecule has 178 valence electrons. The molecule has 1 aliphatic carbocycles. The molecule has 6 nitrogen and oxygen atoms in total. The van der Waals surface area contributed by atoms with Crippen LogP contribution in [0, 0.1) is 25.2 Å². The Bertz CT molecular complexity index is 1400. The van der Waals surface area contributed by atoms with Crippen molar-refractivity contribution in [3.05, 3.63) is 62.2 Å². The minimum absolute atomic E-state index is 0.246. The lowest BCUT2D eigenvalue weighted by Crippen LogP contribution is -2.26. The van der Waals surface area contributed by atoms with E-state index in [1.54, 1.807) is 18.4 Å². The summed E-state index contributed by atoms with van der Waals surface area (Å²) in [5, 5.41) is 5.20. The summed E-state index contributed by atoms with van der Waals surface area (Å²) in [6.07, 6.45) is 3.19. The molecule has 3 heterocycles. The number of aromatic nitrogens is 3. The van der Waals surface area contributed by atoms with E-state index in [1.165, 1.54) is 10.4 Å². The lowest BCUT2D eigenvalue weighted by atomic mass is 9.72. The molecule has 1 atom stereocenters. The number of benzene rings is 1. The van der Waals surface area contributed by atoms with E-state index in [0.717, 1.165) is 63.5 Å². The van der Waals surface area contributed by atoms with Gasteiger partial charge in [0.1, 0.15) is 16.3 Å². The summed E-state index contributed by atoms with van der Waals surface area (Å²) in [4.78, 5) is 20.4. The Morgan fingerprint density at radius 2 is 1.94 bits per heavy atom. The van der Waals surface area contributed by atoms with Crippen LogP contribution in [0.25, 0.3) is 21.5 Å². The number of nitrogens with zero attached hydrogens (tertiary/aromatic N) is 3. The normalized spacial score (nSPS) is 16.1. The van der Waals surface area contributed by atoms with Gasteiger partial charge in [0.05, 0.1) is 25.0 Å². The highest BCUT2D eigenvalue weighted by molar-refractivity contribution is 7.19. The average Bonchev–Trinajstić information content (AvgIpc) is 3.34. The van der Waals surface area contributed by atoms with Crippen LogP contribution in [-0.4, -0.2) is 21.8 Å². The molecule has 34 heavy (non-hydrogen) atoms. The number of thiophene rings is 1. The van der Waals surface area contributed by atoms with Crippen LogP contribution in [0.3, 0.4) is 0 Å². The summed E-state index contributed by atoms with van der Waals surface area (Å²) < 4.78 is 12.5. The average molecular weight is 478 g/mol. The van der Waals surface area contributed by atoms with Crippen molar-refractivity contribution in [2.24, 2.45) is 11.3 Å². The molecule has 0 fully saturated rings. The third-order valence-corrected chi connectivity index (χ3v) is 8.53. The first kappa shape index (κ1) is 22.8. The smallest absolute Gasteiger partial charge is 0.349 e. The van der Waals surface area contributed by atoms with Crippen LogP contribution in [-0.2, 0) is 19.4 Å². The topological polar surface area (TPSA) is 70.2 Å². The Morgan fingerprint density at radius 1 is 1.21 bits per heavy atom. The quantitative estimate of drug-likeness (QED) is 0.364. The SMILES string of the molecule is COc1ccc(-c2nc(=O)n(Cc3c(C)noc3C)c3sc4c(c23)CCC(C(C)(C)C)C4)cc1. The lowest BCUT2D eigenvalue weighted by molar-refractivity contribution is 0.218. The van der Waals surface area contributed by atoms with Crippen molar-refractivity contribution in [1.29, 1.82) is 0 Å². The third kappa shape index (κ3) is 3.86. The van der Waals surface area contributed by atoms with Gasteiger partial charge in [-0.2, -0.15) is 4.98 Å². The first-order valence-electron chi connectivity index (χ1n) is 11.8. The van der Waals surface area contributed by atoms with Crippen LogP contribution in [0.15, 0.2) is 33.6 Å². The summed E-state index contributed by atoms with van der Waals surface area (Å²) in [5.41, 5.74) is 4.82. The van der Waals surface area contributed by atoms with Crippen LogP contribution in [0.1, 0.15) is 54.7 Å². The van der Waals surface area contributed by atoms with E-state index in [9.17, 15) is 4.79 Å². The molecule has 1 unspecified atom stereocenters. The second-order valence-electron chi connectivity index (χ2n) is 10.4. The van der Waals surface area contributed by atoms with E-state index in [0.29, 0.717) is 12.5 Å². The Balaban J connectivity index is 1.73. The molecule has 0 bridgehead atoms. The maximum absolute atomic E-state index is 13.4. The van der Waals surface area contributed by atoms with Gasteiger partial charge in [-0.15, -0.1) is 11.3 Å². The zero-order chi connectivity index (χ0) is 24.2. The summed E-state index contributed by atoms with van der Waals surface area (Å²) in [6, 6.07) is 7.83. The standard InChI is InChI=1S/C27H31N3O3S/c1-15-21(16(2)33-29-15)14-30-25-23(20-12-9-18(27(3,4)5)13-22(20)34-25)24(28-26(30)31)17-7-10-19(32-6)11-8-17/h7-8,10-11,18H,9,12-14H2,1-6H3. The van der Waals surface area contributed by atoms with Crippen LogP contribution in [0.5, 0.6) is 5.75 Å². The number of hydrogen-bond donors (Lipinski definition) is 0. The predicted molar refractivity (Wildman–Crippen MR) is 136 cm³/mol. The van der Waals surface area contributed by atoms with Crippen LogP contribution in [0.2, 0.25) is 0 Å². The van der Waals surface area contributed by atoms with Gasteiger partial charge < -0.3 is 9.26 Å². The van der Waals surface area contributed by atoms with Crippen LogP contribution in [0.4, 0.5) is 0 Å². The minimum atomic E-state index is -0.246. The molecule has 4 aromatic rings. The van der Waals surface area contributed by atoms with E-state index >= 15 is 0 Å². The largest absolute Gasteiger partial charge is 0.497 e. The summed E-state index contributed by atoms with van der Waals surface area (Å²) in [7, 11) is 1.65. The highest BCUT2D eigenvalue weighted by atomic mass is 32.1. The lowest BCUT2D eigenvalue weighted by Gasteiger charge is -2.33. The Kier molecular flexibility index (Phi) is 5.63. The molecule has 0 aliphatic heterocycles. The number of fused-ring (bicyclic) bond motifs is 3. The monoisotopic (exact) mass is 477 g/mol. The molecule has 0 spiro atoms. The Morgan fingerprint density at radius 3 is 2.56 bits per heavy atom. The van der Waals surface area contributed by atoms with Gasteiger partial charge in [0.25, 0.3) is 0 Å². The zero-order valence-electron chi connectivity index (χ0n) is 20.7. The van der Waals surface area contributed by atoms with Gasteiger partial charge >= 0.3 is 5.69 Å². The van der Waals surface area contributed by atoms with Crippen LogP contribution >= 0.6 is 11.3 Å². The second-order valence-corrected chi connectivity index (χ2v) is 11.4. The fraction of sp³-hybridized carbons (Fsp3) is 0.444. The van der Waals surface area contributed by atoms with Crippen molar-refractivity contribution in [3.8, 4) is 17.0 Å². The molecular weight excluding hydrogens is 446 g/mol. The first-order valence-corrected chi connectivity index (χ1v) is 12.6. The van der Waals surface area contributed by atoms with E-state index in [-0.39, 0.29) is 11.1 Å². The highest BCUT2D eigenvalue weighted by Crippen LogP contribution is 2.45. The minimum Gasteiger partial charge on any atom is -0.497 e. The molecule has 1 aromatic carbocycles. The molecule has 0 N–H and O–H groups in total. The summed E-state index contributed by atoms with van der Waals surface area (Å²) >= 11 is 1.76. The molecule has 0 amide bonds. The summed E-state index contributed by atoms with van der Waals surface area (Å²) in [6.45, 7) is 11.2. The predicted octanol–water partition coefficient (Wildman–Crippen LogP) is 5.94. The Hall–Kier alpha value is -2.93. The van der Waals surface area contributed by atoms with Gasteiger partial charge in [0.2, 0.25) is 0 Å². The molecule has 0 saturated heterocycles. The fourth-order valence-corrected chi connectivity index (χ4v) is 6.45. The molecular formula is C27H31N3O3S. The second kappa shape index (κ2) is 8.38. The maximum atomic E-state index is 13.4. The van der Waals surface area contributed by atoms with Gasteiger partial charge in [-0.3, -0.25) is 4.57 Å². The van der Waals surface area contributed by atoms with Crippen molar-refractivity contribution in [2.45, 2.75) is 60.4 Å². The van der Waals surface area contributed by atoms with Crippen molar-refractivity contribution in [2.75, 3.05) is 7.11 Å². The van der Waals surface area contributed by atoms with Crippen molar-refractivity contribution >= 4 is 21.6 Å². The van der Waals surface area contributed by atoms with Crippen molar-refractivity contribution < 1.29 is 9.26 Å². The van der Waals surface area contributed by atoms with E-state index < -0.39 is 0 Å². The number of rotatable bonds is 4. The fourth-order valence-electron chi connectivity index (χ4n) is 5.03. The molecule has 3 aromatic heterocycles. The van der Waals surface area contributed by atoms with E-state index in [2.05, 4.69) is 30.9 Å². The van der Waals surface area contributed by atoms with E-state index in [4.69, 9.17) is 9.26 Å². The first-order chi connectivity index (χ1) is 16.2. The number of ether oxygens (including phenoxy) is 1. The molecule has 1 aliphatic rings. The molecule has 5 rings (SSSR count). The molecule has 0 saturated carbocycles. The Labute approximate surface area is 203 Å². The number of methoxy groups -OCH3 is 1. The highest BCUT2D eigenvalue weighted by Gasteiger charge is 2.32. The number of aryl methyl sites for hydroxylation is 3. The molecule has 7 heteroatoms. The van der Waals surface area contributed by atoms with Crippen LogP contribution < -0.4 is 10.4 Å². The zero-order valence-corrected chi connectivity index (χ0v) is 21.5. The van der Waals surface area contributed by atoms with Gasteiger partial charge in [0, 0.05) is 21.4 Å². The molecule has 0 radical (unpaired) electrons.